The molecule has 0 saturated carbocycles. The van der Waals surface area contributed by atoms with Crippen LogP contribution in [0, 0.1) is 5.82 Å². The van der Waals surface area contributed by atoms with Gasteiger partial charge in [0.15, 0.2) is 0 Å². The lowest BCUT2D eigenvalue weighted by atomic mass is 10.1. The Labute approximate surface area is 145 Å². The summed E-state index contributed by atoms with van der Waals surface area (Å²) in [5.41, 5.74) is 1.41. The van der Waals surface area contributed by atoms with Crippen LogP contribution in [0.5, 0.6) is 0 Å². The maximum atomic E-state index is 13.2. The van der Waals surface area contributed by atoms with E-state index in [9.17, 15) is 18.8 Å². The molecule has 0 atom stereocenters. The van der Waals surface area contributed by atoms with Crippen molar-refractivity contribution in [3.05, 3.63) is 69.3 Å². The van der Waals surface area contributed by atoms with Gasteiger partial charge in [-0.3, -0.25) is 14.4 Å². The van der Waals surface area contributed by atoms with Crippen LogP contribution >= 0.6 is 23.4 Å². The van der Waals surface area contributed by atoms with Crippen LogP contribution in [-0.4, -0.2) is 17.4 Å². The minimum atomic E-state index is -0.627. The van der Waals surface area contributed by atoms with E-state index >= 15 is 0 Å². The van der Waals surface area contributed by atoms with Crippen molar-refractivity contribution in [2.24, 2.45) is 0 Å². The van der Waals surface area contributed by atoms with Crippen LogP contribution in [0.1, 0.15) is 15.9 Å². The molecule has 7 heteroatoms. The summed E-state index contributed by atoms with van der Waals surface area (Å²) < 4.78 is 13.2. The Hall–Kier alpha value is -2.44. The number of hydrogen-bond donors (Lipinski definition) is 0. The Bertz CT molecular complexity index is 880. The minimum absolute atomic E-state index is 0.167. The van der Waals surface area contributed by atoms with E-state index in [4.69, 9.17) is 11.6 Å². The number of thioether (sulfide) groups is 1. The number of hydrogen-bond acceptors (Lipinski definition) is 4. The van der Waals surface area contributed by atoms with Crippen molar-refractivity contribution in [1.82, 2.24) is 0 Å². The monoisotopic (exact) mass is 361 g/mol. The summed E-state index contributed by atoms with van der Waals surface area (Å²) in [6, 6.07) is 10.2. The number of carbonyl (C=O) groups excluding carboxylic acids is 3. The second kappa shape index (κ2) is 6.59. The molecule has 24 heavy (non-hydrogen) atoms. The van der Waals surface area contributed by atoms with E-state index in [1.807, 2.05) is 0 Å². The van der Waals surface area contributed by atoms with E-state index in [-0.39, 0.29) is 15.6 Å². The van der Waals surface area contributed by atoms with E-state index < -0.39 is 17.0 Å². The normalized spacial score (nSPS) is 16.1. The second-order valence-electron chi connectivity index (χ2n) is 4.90. The average Bonchev–Trinajstić information content (AvgIpc) is 2.85. The molecule has 0 bridgehead atoms. The van der Waals surface area contributed by atoms with E-state index in [0.717, 1.165) is 29.0 Å². The predicted molar refractivity (Wildman–Crippen MR) is 91.7 cm³/mol. The van der Waals surface area contributed by atoms with Crippen LogP contribution in [0.15, 0.2) is 47.4 Å². The van der Waals surface area contributed by atoms with E-state index in [1.54, 1.807) is 30.3 Å². The van der Waals surface area contributed by atoms with Crippen molar-refractivity contribution < 1.29 is 18.8 Å². The Morgan fingerprint density at radius 3 is 2.33 bits per heavy atom. The van der Waals surface area contributed by atoms with Gasteiger partial charge in [0.05, 0.1) is 15.6 Å². The number of nitrogens with zero attached hydrogens (tertiary/aromatic N) is 1. The SMILES string of the molecule is O=Cc1ccc(/C=C2\SC(=O)N(c3ccc(F)c(Cl)c3)C2=O)cc1. The third kappa shape index (κ3) is 3.11. The van der Waals surface area contributed by atoms with E-state index in [2.05, 4.69) is 0 Å². The van der Waals surface area contributed by atoms with E-state index in [0.29, 0.717) is 11.1 Å². The smallest absolute Gasteiger partial charge is 0.298 e. The number of aldehydes is 1. The zero-order valence-electron chi connectivity index (χ0n) is 12.0. The molecule has 0 N–H and O–H groups in total. The first-order chi connectivity index (χ1) is 11.5. The third-order valence-corrected chi connectivity index (χ3v) is 4.48. The first-order valence-corrected chi connectivity index (χ1v) is 7.97. The van der Waals surface area contributed by atoms with Crippen LogP contribution < -0.4 is 4.90 Å². The lowest BCUT2D eigenvalue weighted by Gasteiger charge is -2.12. The van der Waals surface area contributed by atoms with Gasteiger partial charge in [0.2, 0.25) is 0 Å². The molecule has 0 spiro atoms. The lowest BCUT2D eigenvalue weighted by Crippen LogP contribution is -2.27. The number of benzene rings is 2. The van der Waals surface area contributed by atoms with Crippen LogP contribution in [0.4, 0.5) is 14.9 Å². The number of halogens is 2. The molecule has 2 aromatic carbocycles. The number of amides is 2. The van der Waals surface area contributed by atoms with Crippen LogP contribution in [0.25, 0.3) is 6.08 Å². The molecule has 1 aliphatic rings. The topological polar surface area (TPSA) is 54.5 Å². The van der Waals surface area contributed by atoms with Gasteiger partial charge in [-0.05, 0) is 41.6 Å². The Balaban J connectivity index is 1.91. The molecule has 120 valence electrons. The zero-order valence-corrected chi connectivity index (χ0v) is 13.6. The van der Waals surface area contributed by atoms with Crippen molar-refractivity contribution in [2.45, 2.75) is 0 Å². The van der Waals surface area contributed by atoms with Crippen LogP contribution in [0.2, 0.25) is 5.02 Å². The summed E-state index contributed by atoms with van der Waals surface area (Å²) >= 11 is 6.49. The van der Waals surface area contributed by atoms with Crippen LogP contribution in [-0.2, 0) is 4.79 Å². The first-order valence-electron chi connectivity index (χ1n) is 6.78. The Morgan fingerprint density at radius 2 is 1.71 bits per heavy atom. The summed E-state index contributed by atoms with van der Waals surface area (Å²) in [6.07, 6.45) is 2.28. The molecule has 3 rings (SSSR count). The Kier molecular flexibility index (Phi) is 4.51. The summed E-state index contributed by atoms with van der Waals surface area (Å²) in [5, 5.41) is -0.654. The third-order valence-electron chi connectivity index (χ3n) is 3.33. The van der Waals surface area contributed by atoms with E-state index in [1.165, 1.54) is 12.1 Å². The maximum absolute atomic E-state index is 13.2. The number of rotatable bonds is 3. The maximum Gasteiger partial charge on any atom is 0.298 e. The second-order valence-corrected chi connectivity index (χ2v) is 6.30. The summed E-state index contributed by atoms with van der Waals surface area (Å²) in [7, 11) is 0. The lowest BCUT2D eigenvalue weighted by molar-refractivity contribution is -0.113. The molecule has 2 amide bonds. The molecular formula is C17H9ClFNO3S. The van der Waals surface area contributed by atoms with Gasteiger partial charge in [0.1, 0.15) is 12.1 Å². The highest BCUT2D eigenvalue weighted by Crippen LogP contribution is 2.36. The van der Waals surface area contributed by atoms with Gasteiger partial charge >= 0.3 is 0 Å². The fraction of sp³-hybridized carbons (Fsp3) is 0. The fourth-order valence-electron chi connectivity index (χ4n) is 2.14. The number of imide groups is 1. The molecule has 1 fully saturated rings. The molecule has 1 saturated heterocycles. The average molecular weight is 362 g/mol. The van der Waals surface area contributed by atoms with Gasteiger partial charge in [0, 0.05) is 5.56 Å². The number of carbonyl (C=O) groups is 3. The Morgan fingerprint density at radius 1 is 1.04 bits per heavy atom. The molecule has 0 unspecified atom stereocenters. The van der Waals surface area contributed by atoms with Gasteiger partial charge in [0.25, 0.3) is 11.1 Å². The molecule has 2 aromatic rings. The van der Waals surface area contributed by atoms with Crippen molar-refractivity contribution in [3.63, 3.8) is 0 Å². The molecule has 4 nitrogen and oxygen atoms in total. The summed E-state index contributed by atoms with van der Waals surface area (Å²) in [6.45, 7) is 0. The highest BCUT2D eigenvalue weighted by molar-refractivity contribution is 8.19. The summed E-state index contributed by atoms with van der Waals surface area (Å²) in [5.74, 6) is -1.13. The first kappa shape index (κ1) is 16.4. The van der Waals surface area contributed by atoms with Gasteiger partial charge in [-0.25, -0.2) is 9.29 Å². The standard InChI is InChI=1S/C17H9ClFNO3S/c18-13-8-12(5-6-14(13)19)20-16(22)15(24-17(20)23)7-10-1-3-11(9-21)4-2-10/h1-9H/b15-7-. The minimum Gasteiger partial charge on any atom is -0.298 e. The van der Waals surface area contributed by atoms with Crippen molar-refractivity contribution >= 4 is 52.6 Å². The number of anilines is 1. The molecular weight excluding hydrogens is 353 g/mol. The van der Waals surface area contributed by atoms with Crippen molar-refractivity contribution in [3.8, 4) is 0 Å². The van der Waals surface area contributed by atoms with Crippen molar-refractivity contribution in [2.75, 3.05) is 4.90 Å². The van der Waals surface area contributed by atoms with Gasteiger partial charge in [-0.2, -0.15) is 0 Å². The van der Waals surface area contributed by atoms with Gasteiger partial charge in [-0.15, -0.1) is 0 Å². The highest BCUT2D eigenvalue weighted by atomic mass is 35.5. The molecule has 1 heterocycles. The van der Waals surface area contributed by atoms with Crippen LogP contribution in [0.3, 0.4) is 0 Å². The molecule has 0 aliphatic carbocycles. The molecule has 0 radical (unpaired) electrons. The fourth-order valence-corrected chi connectivity index (χ4v) is 3.15. The largest absolute Gasteiger partial charge is 0.298 e. The molecule has 0 aromatic heterocycles. The predicted octanol–water partition coefficient (Wildman–Crippen LogP) is 4.53. The molecule has 1 aliphatic heterocycles. The highest BCUT2D eigenvalue weighted by Gasteiger charge is 2.36. The van der Waals surface area contributed by atoms with Gasteiger partial charge in [-0.1, -0.05) is 35.9 Å². The zero-order chi connectivity index (χ0) is 17.3. The quantitative estimate of drug-likeness (QED) is 0.595. The summed E-state index contributed by atoms with van der Waals surface area (Å²) in [4.78, 5) is 36.4. The van der Waals surface area contributed by atoms with Crippen molar-refractivity contribution in [1.29, 1.82) is 0 Å². The van der Waals surface area contributed by atoms with Gasteiger partial charge < -0.3 is 0 Å².